The summed E-state index contributed by atoms with van der Waals surface area (Å²) in [7, 11) is 0. The topological polar surface area (TPSA) is 73.6 Å². The highest BCUT2D eigenvalue weighted by Gasteiger charge is 2.21. The van der Waals surface area contributed by atoms with E-state index in [0.717, 1.165) is 0 Å². The van der Waals surface area contributed by atoms with Gasteiger partial charge in [0.05, 0.1) is 6.61 Å². The summed E-state index contributed by atoms with van der Waals surface area (Å²) in [6.45, 7) is 6.06. The minimum atomic E-state index is -0.640. The number of amides is 1. The Morgan fingerprint density at radius 3 is 2.64 bits per heavy atom. The van der Waals surface area contributed by atoms with Crippen LogP contribution in [0.2, 0.25) is 0 Å². The van der Waals surface area contributed by atoms with Gasteiger partial charge in [0.2, 0.25) is 0 Å². The van der Waals surface area contributed by atoms with Crippen molar-refractivity contribution in [2.45, 2.75) is 33.3 Å². The summed E-state index contributed by atoms with van der Waals surface area (Å²) in [5.74, 6) is 1.90. The second kappa shape index (κ2) is 7.49. The molecular formula is C16H20N2O4. The van der Waals surface area contributed by atoms with E-state index in [0.29, 0.717) is 36.1 Å². The molecule has 1 atom stereocenters. The number of anilines is 1. The first-order valence-corrected chi connectivity index (χ1v) is 7.26. The first-order valence-electron chi connectivity index (χ1n) is 7.26. The number of carbonyl (C=O) groups excluding carboxylic acids is 1. The number of para-hydroxylation sites is 2. The number of hydrogen-bond acceptors (Lipinski definition) is 5. The van der Waals surface area contributed by atoms with Crippen LogP contribution >= 0.6 is 0 Å². The Labute approximate surface area is 129 Å². The third-order valence-corrected chi connectivity index (χ3v) is 2.96. The maximum absolute atomic E-state index is 12.3. The van der Waals surface area contributed by atoms with Crippen LogP contribution in [0.5, 0.6) is 11.5 Å². The molecule has 0 bridgehead atoms. The van der Waals surface area contributed by atoms with Crippen LogP contribution in [0.3, 0.4) is 0 Å². The predicted molar refractivity (Wildman–Crippen MR) is 82.2 cm³/mol. The molecule has 0 fully saturated rings. The molecule has 1 unspecified atom stereocenters. The molecule has 1 amide bonds. The van der Waals surface area contributed by atoms with E-state index < -0.39 is 6.10 Å². The van der Waals surface area contributed by atoms with Crippen molar-refractivity contribution >= 4 is 11.7 Å². The Balaban J connectivity index is 2.06. The van der Waals surface area contributed by atoms with E-state index in [1.807, 2.05) is 32.0 Å². The number of nitrogens with zero attached hydrogens (tertiary/aromatic N) is 1. The van der Waals surface area contributed by atoms with E-state index in [4.69, 9.17) is 14.0 Å². The van der Waals surface area contributed by atoms with Crippen LogP contribution in [0.15, 0.2) is 34.9 Å². The van der Waals surface area contributed by atoms with Gasteiger partial charge in [0.25, 0.3) is 5.91 Å². The maximum Gasteiger partial charge on any atom is 0.266 e. The number of hydrogen-bond donors (Lipinski definition) is 1. The first-order chi connectivity index (χ1) is 10.6. The summed E-state index contributed by atoms with van der Waals surface area (Å²) in [5, 5.41) is 6.42. The minimum absolute atomic E-state index is 0.276. The van der Waals surface area contributed by atoms with E-state index >= 15 is 0 Å². The smallest absolute Gasteiger partial charge is 0.266 e. The molecule has 22 heavy (non-hydrogen) atoms. The van der Waals surface area contributed by atoms with Gasteiger partial charge in [-0.25, -0.2) is 0 Å². The molecule has 0 aliphatic rings. The molecule has 0 spiro atoms. The quantitative estimate of drug-likeness (QED) is 0.850. The molecule has 118 valence electrons. The summed E-state index contributed by atoms with van der Waals surface area (Å²) < 4.78 is 16.2. The number of ether oxygens (including phenoxy) is 2. The van der Waals surface area contributed by atoms with Gasteiger partial charge >= 0.3 is 0 Å². The summed E-state index contributed by atoms with van der Waals surface area (Å²) in [6, 6.07) is 8.94. The van der Waals surface area contributed by atoms with E-state index in [1.165, 1.54) is 0 Å². The molecular weight excluding hydrogens is 284 g/mol. The second-order valence-electron chi connectivity index (χ2n) is 4.71. The number of aryl methyl sites for hydroxylation is 1. The van der Waals surface area contributed by atoms with Crippen LogP contribution in [0.4, 0.5) is 5.82 Å². The zero-order chi connectivity index (χ0) is 15.9. The summed E-state index contributed by atoms with van der Waals surface area (Å²) >= 11 is 0. The molecule has 1 N–H and O–H groups in total. The molecule has 1 aromatic heterocycles. The zero-order valence-electron chi connectivity index (χ0n) is 13.0. The fourth-order valence-electron chi connectivity index (χ4n) is 1.93. The van der Waals surface area contributed by atoms with Crippen LogP contribution in [0.25, 0.3) is 0 Å². The Bertz CT molecular complexity index is 624. The lowest BCUT2D eigenvalue weighted by atomic mass is 10.2. The lowest BCUT2D eigenvalue weighted by Crippen LogP contribution is -2.32. The van der Waals surface area contributed by atoms with Crippen LogP contribution < -0.4 is 14.8 Å². The molecule has 2 aromatic rings. The van der Waals surface area contributed by atoms with Gasteiger partial charge in [-0.05, 0) is 32.4 Å². The molecule has 1 aromatic carbocycles. The van der Waals surface area contributed by atoms with Gasteiger partial charge in [-0.2, -0.15) is 0 Å². The van der Waals surface area contributed by atoms with E-state index in [2.05, 4.69) is 10.5 Å². The normalized spacial score (nSPS) is 11.8. The van der Waals surface area contributed by atoms with Gasteiger partial charge in [0, 0.05) is 6.07 Å². The highest BCUT2D eigenvalue weighted by Crippen LogP contribution is 2.28. The van der Waals surface area contributed by atoms with E-state index in [9.17, 15) is 4.79 Å². The zero-order valence-corrected chi connectivity index (χ0v) is 13.0. The molecule has 0 aliphatic heterocycles. The molecule has 1 heterocycles. The van der Waals surface area contributed by atoms with Crippen molar-refractivity contribution < 1.29 is 18.8 Å². The van der Waals surface area contributed by atoms with Gasteiger partial charge in [-0.1, -0.05) is 24.2 Å². The van der Waals surface area contributed by atoms with Crippen LogP contribution in [-0.4, -0.2) is 23.8 Å². The van der Waals surface area contributed by atoms with Crippen LogP contribution in [0, 0.1) is 6.92 Å². The van der Waals surface area contributed by atoms with Crippen molar-refractivity contribution in [1.29, 1.82) is 0 Å². The van der Waals surface area contributed by atoms with Crippen molar-refractivity contribution in [3.8, 4) is 11.5 Å². The van der Waals surface area contributed by atoms with Crippen molar-refractivity contribution in [3.63, 3.8) is 0 Å². The predicted octanol–water partition coefficient (Wildman–Crippen LogP) is 3.18. The highest BCUT2D eigenvalue weighted by atomic mass is 16.5. The maximum atomic E-state index is 12.3. The molecule has 0 radical (unpaired) electrons. The Morgan fingerprint density at radius 2 is 2.05 bits per heavy atom. The van der Waals surface area contributed by atoms with Gasteiger partial charge in [-0.15, -0.1) is 0 Å². The fraction of sp³-hybridized carbons (Fsp3) is 0.375. The molecule has 0 saturated carbocycles. The largest absolute Gasteiger partial charge is 0.490 e. The van der Waals surface area contributed by atoms with Gasteiger partial charge in [0.1, 0.15) is 5.76 Å². The lowest BCUT2D eigenvalue weighted by Gasteiger charge is -2.18. The average molecular weight is 304 g/mol. The van der Waals surface area contributed by atoms with Crippen molar-refractivity contribution in [1.82, 2.24) is 5.16 Å². The fourth-order valence-corrected chi connectivity index (χ4v) is 1.93. The standard InChI is InChI=1S/C16H20N2O4/c1-4-12(16(19)17-15-10-11(3)22-18-15)21-14-9-7-6-8-13(14)20-5-2/h6-10,12H,4-5H2,1-3H3,(H,17,18,19). The first kappa shape index (κ1) is 15.9. The summed E-state index contributed by atoms with van der Waals surface area (Å²) in [6.07, 6.45) is -0.123. The number of aromatic nitrogens is 1. The van der Waals surface area contributed by atoms with E-state index in [-0.39, 0.29) is 5.91 Å². The number of nitrogens with one attached hydrogen (secondary N) is 1. The highest BCUT2D eigenvalue weighted by molar-refractivity contribution is 5.93. The van der Waals surface area contributed by atoms with E-state index in [1.54, 1.807) is 19.1 Å². The third kappa shape index (κ3) is 4.00. The monoisotopic (exact) mass is 304 g/mol. The minimum Gasteiger partial charge on any atom is -0.490 e. The number of benzene rings is 1. The molecule has 6 heteroatoms. The van der Waals surface area contributed by atoms with Gasteiger partial charge in [0.15, 0.2) is 23.4 Å². The van der Waals surface area contributed by atoms with Crippen LogP contribution in [-0.2, 0) is 4.79 Å². The second-order valence-corrected chi connectivity index (χ2v) is 4.71. The molecule has 0 saturated heterocycles. The average Bonchev–Trinajstić information content (AvgIpc) is 2.91. The van der Waals surface area contributed by atoms with Crippen molar-refractivity contribution in [3.05, 3.63) is 36.1 Å². The summed E-state index contributed by atoms with van der Waals surface area (Å²) in [4.78, 5) is 12.3. The molecule has 6 nitrogen and oxygen atoms in total. The van der Waals surface area contributed by atoms with Gasteiger partial charge in [-0.3, -0.25) is 4.79 Å². The van der Waals surface area contributed by atoms with Crippen molar-refractivity contribution in [2.75, 3.05) is 11.9 Å². The summed E-state index contributed by atoms with van der Waals surface area (Å²) in [5.41, 5.74) is 0. The Kier molecular flexibility index (Phi) is 5.41. The van der Waals surface area contributed by atoms with Gasteiger partial charge < -0.3 is 19.3 Å². The number of carbonyl (C=O) groups is 1. The Morgan fingerprint density at radius 1 is 1.32 bits per heavy atom. The molecule has 2 rings (SSSR count). The molecule has 0 aliphatic carbocycles. The lowest BCUT2D eigenvalue weighted by molar-refractivity contribution is -0.122. The Hall–Kier alpha value is -2.50. The SMILES string of the molecule is CCOc1ccccc1OC(CC)C(=O)Nc1cc(C)on1. The van der Waals surface area contributed by atoms with Crippen molar-refractivity contribution in [2.24, 2.45) is 0 Å². The van der Waals surface area contributed by atoms with Crippen LogP contribution in [0.1, 0.15) is 26.0 Å². The number of rotatable bonds is 7. The third-order valence-electron chi connectivity index (χ3n) is 2.96.